The zero-order chi connectivity index (χ0) is 11.4. The molecule has 15 heavy (non-hydrogen) atoms. The van der Waals surface area contributed by atoms with Gasteiger partial charge in [0.25, 0.3) is 0 Å². The maximum Gasteiger partial charge on any atom is 0.313 e. The van der Waals surface area contributed by atoms with Gasteiger partial charge in [0.05, 0.1) is 13.0 Å². The second-order valence-electron chi connectivity index (χ2n) is 4.11. The molecule has 0 aromatic rings. The molecule has 0 radical (unpaired) electrons. The summed E-state index contributed by atoms with van der Waals surface area (Å²) in [4.78, 5) is 23.0. The average Bonchev–Trinajstić information content (AvgIpc) is 2.16. The highest BCUT2D eigenvalue weighted by atomic mass is 16.5. The molecule has 0 saturated carbocycles. The van der Waals surface area contributed by atoms with E-state index in [0.29, 0.717) is 6.42 Å². The molecular weight excluding hydrogens is 192 g/mol. The van der Waals surface area contributed by atoms with Crippen LogP contribution in [0.3, 0.4) is 0 Å². The van der Waals surface area contributed by atoms with Crippen LogP contribution in [0.5, 0.6) is 0 Å². The lowest BCUT2D eigenvalue weighted by Gasteiger charge is -2.28. The topological polar surface area (TPSA) is 43.4 Å². The molecule has 3 nitrogen and oxygen atoms in total. The largest absolute Gasteiger partial charge is 0.469 e. The summed E-state index contributed by atoms with van der Waals surface area (Å²) in [6.07, 6.45) is 3.94. The fourth-order valence-electron chi connectivity index (χ4n) is 2.30. The second kappa shape index (κ2) is 5.10. The van der Waals surface area contributed by atoms with Gasteiger partial charge in [-0.25, -0.2) is 0 Å². The van der Waals surface area contributed by atoms with Gasteiger partial charge in [-0.1, -0.05) is 18.9 Å². The molecule has 0 fully saturated rings. The van der Waals surface area contributed by atoms with Crippen LogP contribution < -0.4 is 0 Å². The van der Waals surface area contributed by atoms with Crippen LogP contribution in [-0.4, -0.2) is 18.9 Å². The highest BCUT2D eigenvalue weighted by Gasteiger charge is 2.34. The van der Waals surface area contributed by atoms with Crippen LogP contribution >= 0.6 is 0 Å². The van der Waals surface area contributed by atoms with Crippen molar-refractivity contribution in [1.82, 2.24) is 0 Å². The summed E-state index contributed by atoms with van der Waals surface area (Å²) < 4.78 is 4.78. The van der Waals surface area contributed by atoms with E-state index in [4.69, 9.17) is 4.74 Å². The summed E-state index contributed by atoms with van der Waals surface area (Å²) in [5.74, 6) is -0.173. The van der Waals surface area contributed by atoms with Crippen LogP contribution in [-0.2, 0) is 14.3 Å². The smallest absolute Gasteiger partial charge is 0.313 e. The Morgan fingerprint density at radius 3 is 2.80 bits per heavy atom. The highest BCUT2D eigenvalue weighted by molar-refractivity contribution is 5.94. The Balaban J connectivity index is 2.90. The van der Waals surface area contributed by atoms with E-state index >= 15 is 0 Å². The van der Waals surface area contributed by atoms with E-state index in [-0.39, 0.29) is 23.6 Å². The number of rotatable bonds is 3. The standard InChI is InChI=1S/C12H18O3/c1-4-5-9-7-10(13)6-8(2)11(9)12(14)15-3/h6,9,11H,4-5,7H2,1-3H3/t9-,11-/m0/s1. The molecule has 0 unspecified atom stereocenters. The quantitative estimate of drug-likeness (QED) is 0.670. The molecule has 1 rings (SSSR count). The first-order valence-corrected chi connectivity index (χ1v) is 5.39. The van der Waals surface area contributed by atoms with E-state index in [1.54, 1.807) is 6.08 Å². The van der Waals surface area contributed by atoms with Crippen LogP contribution in [0.2, 0.25) is 0 Å². The van der Waals surface area contributed by atoms with Gasteiger partial charge < -0.3 is 4.74 Å². The Labute approximate surface area is 90.5 Å². The molecule has 0 aromatic heterocycles. The second-order valence-corrected chi connectivity index (χ2v) is 4.11. The van der Waals surface area contributed by atoms with Crippen LogP contribution in [0.4, 0.5) is 0 Å². The molecule has 1 aliphatic rings. The summed E-state index contributed by atoms with van der Waals surface area (Å²) in [7, 11) is 1.40. The van der Waals surface area contributed by atoms with Crippen molar-refractivity contribution in [1.29, 1.82) is 0 Å². The summed E-state index contributed by atoms with van der Waals surface area (Å²) in [6, 6.07) is 0. The van der Waals surface area contributed by atoms with Gasteiger partial charge in [0.1, 0.15) is 0 Å². The van der Waals surface area contributed by atoms with Gasteiger partial charge in [-0.2, -0.15) is 0 Å². The van der Waals surface area contributed by atoms with E-state index in [9.17, 15) is 9.59 Å². The van der Waals surface area contributed by atoms with Crippen LogP contribution in [0.1, 0.15) is 33.1 Å². The molecule has 84 valence electrons. The third kappa shape index (κ3) is 2.67. The normalized spacial score (nSPS) is 26.1. The molecule has 2 atom stereocenters. The molecule has 0 amide bonds. The van der Waals surface area contributed by atoms with Crippen LogP contribution in [0, 0.1) is 11.8 Å². The van der Waals surface area contributed by atoms with E-state index in [1.165, 1.54) is 7.11 Å². The zero-order valence-electron chi connectivity index (χ0n) is 9.58. The van der Waals surface area contributed by atoms with Gasteiger partial charge in [-0.3, -0.25) is 9.59 Å². The molecule has 0 bridgehead atoms. The molecular formula is C12H18O3. The summed E-state index contributed by atoms with van der Waals surface area (Å²) >= 11 is 0. The molecule has 0 spiro atoms. The number of carbonyl (C=O) groups is 2. The van der Waals surface area contributed by atoms with E-state index in [2.05, 4.69) is 6.92 Å². The Morgan fingerprint density at radius 1 is 1.60 bits per heavy atom. The van der Waals surface area contributed by atoms with Gasteiger partial charge in [0.2, 0.25) is 0 Å². The molecule has 0 aliphatic heterocycles. The fraction of sp³-hybridized carbons (Fsp3) is 0.667. The minimum Gasteiger partial charge on any atom is -0.469 e. The number of methoxy groups -OCH3 is 1. The molecule has 0 aromatic carbocycles. The van der Waals surface area contributed by atoms with Crippen molar-refractivity contribution in [2.75, 3.05) is 7.11 Å². The Bertz CT molecular complexity index is 291. The lowest BCUT2D eigenvalue weighted by molar-refractivity contribution is -0.146. The third-order valence-electron chi connectivity index (χ3n) is 2.93. The number of esters is 1. The van der Waals surface area contributed by atoms with Gasteiger partial charge >= 0.3 is 5.97 Å². The fourth-order valence-corrected chi connectivity index (χ4v) is 2.30. The number of ketones is 1. The number of allylic oxidation sites excluding steroid dienone is 1. The van der Waals surface area contributed by atoms with Crippen molar-refractivity contribution in [3.05, 3.63) is 11.6 Å². The molecule has 0 heterocycles. The minimum atomic E-state index is -0.215. The van der Waals surface area contributed by atoms with E-state index < -0.39 is 0 Å². The van der Waals surface area contributed by atoms with Crippen molar-refractivity contribution in [2.24, 2.45) is 11.8 Å². The van der Waals surface area contributed by atoms with E-state index in [1.807, 2.05) is 6.92 Å². The Kier molecular flexibility index (Phi) is 4.06. The van der Waals surface area contributed by atoms with Gasteiger partial charge in [0, 0.05) is 6.42 Å². The van der Waals surface area contributed by atoms with Gasteiger partial charge in [0.15, 0.2) is 5.78 Å². The lowest BCUT2D eigenvalue weighted by Crippen LogP contribution is -2.31. The van der Waals surface area contributed by atoms with Crippen molar-refractivity contribution < 1.29 is 14.3 Å². The number of carbonyl (C=O) groups excluding carboxylic acids is 2. The van der Waals surface area contributed by atoms with Crippen molar-refractivity contribution in [2.45, 2.75) is 33.1 Å². The lowest BCUT2D eigenvalue weighted by atomic mass is 9.76. The first kappa shape index (κ1) is 12.0. The van der Waals surface area contributed by atoms with E-state index in [0.717, 1.165) is 18.4 Å². The molecule has 3 heteroatoms. The van der Waals surface area contributed by atoms with Crippen LogP contribution in [0.25, 0.3) is 0 Å². The predicted octanol–water partition coefficient (Wildman–Crippen LogP) is 2.11. The zero-order valence-corrected chi connectivity index (χ0v) is 9.58. The maximum absolute atomic E-state index is 11.6. The molecule has 1 aliphatic carbocycles. The summed E-state index contributed by atoms with van der Waals surface area (Å²) in [6.45, 7) is 3.90. The van der Waals surface area contributed by atoms with Crippen molar-refractivity contribution in [3.8, 4) is 0 Å². The third-order valence-corrected chi connectivity index (χ3v) is 2.93. The van der Waals surface area contributed by atoms with Crippen LogP contribution in [0.15, 0.2) is 11.6 Å². The van der Waals surface area contributed by atoms with Crippen molar-refractivity contribution in [3.63, 3.8) is 0 Å². The predicted molar refractivity (Wildman–Crippen MR) is 57.3 cm³/mol. The number of hydrogen-bond acceptors (Lipinski definition) is 3. The first-order chi connectivity index (χ1) is 7.10. The SMILES string of the molecule is CCC[C@H]1CC(=O)C=C(C)[C@@H]1C(=O)OC. The monoisotopic (exact) mass is 210 g/mol. The summed E-state index contributed by atoms with van der Waals surface area (Å²) in [5, 5.41) is 0. The highest BCUT2D eigenvalue weighted by Crippen LogP contribution is 2.32. The average molecular weight is 210 g/mol. The van der Waals surface area contributed by atoms with Gasteiger partial charge in [-0.05, 0) is 25.3 Å². The minimum absolute atomic E-state index is 0.125. The summed E-state index contributed by atoms with van der Waals surface area (Å²) in [5.41, 5.74) is 0.844. The Hall–Kier alpha value is -1.12. The number of ether oxygens (including phenoxy) is 1. The first-order valence-electron chi connectivity index (χ1n) is 5.39. The number of hydrogen-bond donors (Lipinski definition) is 0. The molecule has 0 N–H and O–H groups in total. The Morgan fingerprint density at radius 2 is 2.27 bits per heavy atom. The van der Waals surface area contributed by atoms with Gasteiger partial charge in [-0.15, -0.1) is 0 Å². The maximum atomic E-state index is 11.6. The van der Waals surface area contributed by atoms with Crippen molar-refractivity contribution >= 4 is 11.8 Å². The molecule has 0 saturated heterocycles.